The van der Waals surface area contributed by atoms with Crippen LogP contribution in [-0.2, 0) is 11.3 Å². The van der Waals surface area contributed by atoms with Crippen molar-refractivity contribution in [3.05, 3.63) is 71.4 Å². The Hall–Kier alpha value is -2.97. The lowest BCUT2D eigenvalue weighted by Gasteiger charge is -2.36. The zero-order chi connectivity index (χ0) is 23.0. The van der Waals surface area contributed by atoms with E-state index in [9.17, 15) is 4.79 Å². The predicted molar refractivity (Wildman–Crippen MR) is 133 cm³/mol. The monoisotopic (exact) mass is 483 g/mol. The van der Waals surface area contributed by atoms with Crippen LogP contribution in [0.4, 0.5) is 11.5 Å². The van der Waals surface area contributed by atoms with Crippen LogP contribution in [0.2, 0.25) is 5.02 Å². The van der Waals surface area contributed by atoms with Gasteiger partial charge in [0.2, 0.25) is 5.91 Å². The molecule has 2 heterocycles. The van der Waals surface area contributed by atoms with E-state index >= 15 is 0 Å². The Morgan fingerprint density at radius 2 is 1.88 bits per heavy atom. The van der Waals surface area contributed by atoms with Gasteiger partial charge in [-0.2, -0.15) is 0 Å². The molecule has 0 aliphatic carbocycles. The average molecular weight is 484 g/mol. The summed E-state index contributed by atoms with van der Waals surface area (Å²) in [5, 5.41) is 4.13. The van der Waals surface area contributed by atoms with E-state index < -0.39 is 0 Å². The van der Waals surface area contributed by atoms with Crippen molar-refractivity contribution >= 4 is 40.8 Å². The maximum absolute atomic E-state index is 12.2. The van der Waals surface area contributed by atoms with Crippen molar-refractivity contribution in [2.24, 2.45) is 0 Å². The van der Waals surface area contributed by atoms with Gasteiger partial charge in [-0.15, -0.1) is 0 Å². The molecule has 0 bridgehead atoms. The molecule has 1 N–H and O–H groups in total. The number of piperazine rings is 1. The number of rotatable bonds is 8. The summed E-state index contributed by atoms with van der Waals surface area (Å²) in [7, 11) is 1.68. The summed E-state index contributed by atoms with van der Waals surface area (Å²) in [6.45, 7) is 3.90. The average Bonchev–Trinajstić information content (AvgIpc) is 2.87. The number of halogens is 1. The number of hydrogen-bond acceptors (Lipinski definition) is 7. The first-order chi connectivity index (χ1) is 16.1. The largest absolute Gasteiger partial charge is 0.497 e. The van der Waals surface area contributed by atoms with Crippen LogP contribution < -0.4 is 19.9 Å². The number of hydrogen-bond donors (Lipinski definition) is 1. The van der Waals surface area contributed by atoms with E-state index in [4.69, 9.17) is 16.3 Å². The lowest BCUT2D eigenvalue weighted by atomic mass is 10.2. The Kier molecular flexibility index (Phi) is 7.91. The lowest BCUT2D eigenvalue weighted by Crippen LogP contribution is -2.46. The highest BCUT2D eigenvalue weighted by molar-refractivity contribution is 7.99. The van der Waals surface area contributed by atoms with E-state index in [0.29, 0.717) is 16.7 Å². The quantitative estimate of drug-likeness (QED) is 0.385. The van der Waals surface area contributed by atoms with Gasteiger partial charge in [-0.25, -0.2) is 9.97 Å². The molecule has 1 aromatic heterocycles. The molecule has 1 aliphatic rings. The molecule has 7 nitrogen and oxygen atoms in total. The maximum atomic E-state index is 12.2. The van der Waals surface area contributed by atoms with Gasteiger partial charge in [0.1, 0.15) is 11.6 Å². The summed E-state index contributed by atoms with van der Waals surface area (Å²) < 4.78 is 5.34. The molecule has 2 aromatic carbocycles. The SMILES string of the molecule is COc1cccc(N2CCN(c3ccnc(SCC(=O)NCc4ccccc4Cl)n3)CC2)c1. The fourth-order valence-corrected chi connectivity index (χ4v) is 4.45. The topological polar surface area (TPSA) is 70.6 Å². The molecule has 0 saturated carbocycles. The number of benzene rings is 2. The van der Waals surface area contributed by atoms with Crippen molar-refractivity contribution in [2.75, 3.05) is 48.8 Å². The predicted octanol–water partition coefficient (Wildman–Crippen LogP) is 3.87. The number of anilines is 2. The number of nitrogens with zero attached hydrogens (tertiary/aromatic N) is 4. The lowest BCUT2D eigenvalue weighted by molar-refractivity contribution is -0.118. The first kappa shape index (κ1) is 23.2. The molecule has 0 unspecified atom stereocenters. The van der Waals surface area contributed by atoms with Gasteiger partial charge in [-0.3, -0.25) is 4.79 Å². The van der Waals surface area contributed by atoms with Crippen molar-refractivity contribution < 1.29 is 9.53 Å². The van der Waals surface area contributed by atoms with Crippen LogP contribution in [-0.4, -0.2) is 54.9 Å². The van der Waals surface area contributed by atoms with E-state index in [1.807, 2.05) is 42.5 Å². The zero-order valence-electron chi connectivity index (χ0n) is 18.4. The van der Waals surface area contributed by atoms with E-state index in [0.717, 1.165) is 49.0 Å². The first-order valence-corrected chi connectivity index (χ1v) is 12.1. The second kappa shape index (κ2) is 11.2. The molecule has 0 atom stereocenters. The summed E-state index contributed by atoms with van der Waals surface area (Å²) in [5.74, 6) is 1.91. The summed E-state index contributed by atoms with van der Waals surface area (Å²) in [5.41, 5.74) is 2.06. The van der Waals surface area contributed by atoms with Crippen molar-refractivity contribution in [1.82, 2.24) is 15.3 Å². The summed E-state index contributed by atoms with van der Waals surface area (Å²) in [4.78, 5) is 25.8. The molecule has 3 aromatic rings. The van der Waals surface area contributed by atoms with Gasteiger partial charge >= 0.3 is 0 Å². The summed E-state index contributed by atoms with van der Waals surface area (Å²) in [6.07, 6.45) is 1.75. The van der Waals surface area contributed by atoms with Crippen molar-refractivity contribution in [3.63, 3.8) is 0 Å². The maximum Gasteiger partial charge on any atom is 0.230 e. The molecule has 0 spiro atoms. The highest BCUT2D eigenvalue weighted by Crippen LogP contribution is 2.24. The Morgan fingerprint density at radius 1 is 1.09 bits per heavy atom. The third kappa shape index (κ3) is 6.30. The third-order valence-corrected chi connectivity index (χ3v) is 6.64. The summed E-state index contributed by atoms with van der Waals surface area (Å²) in [6, 6.07) is 17.5. The van der Waals surface area contributed by atoms with Gasteiger partial charge in [-0.05, 0) is 29.8 Å². The van der Waals surface area contributed by atoms with Crippen LogP contribution in [0.5, 0.6) is 5.75 Å². The number of carbonyl (C=O) groups excluding carboxylic acids is 1. The minimum absolute atomic E-state index is 0.0826. The summed E-state index contributed by atoms with van der Waals surface area (Å²) >= 11 is 7.47. The third-order valence-electron chi connectivity index (χ3n) is 5.41. The van der Waals surface area contributed by atoms with Crippen LogP contribution in [0, 0.1) is 0 Å². The highest BCUT2D eigenvalue weighted by atomic mass is 35.5. The fraction of sp³-hybridized carbons (Fsp3) is 0.292. The van der Waals surface area contributed by atoms with Crippen molar-refractivity contribution in [3.8, 4) is 5.75 Å². The smallest absolute Gasteiger partial charge is 0.230 e. The van der Waals surface area contributed by atoms with Crippen molar-refractivity contribution in [1.29, 1.82) is 0 Å². The Bertz CT molecular complexity index is 1090. The molecule has 0 radical (unpaired) electrons. The number of amides is 1. The van der Waals surface area contributed by atoms with E-state index in [-0.39, 0.29) is 11.7 Å². The van der Waals surface area contributed by atoms with Crippen LogP contribution in [0.25, 0.3) is 0 Å². The molecule has 9 heteroatoms. The van der Waals surface area contributed by atoms with Crippen LogP contribution >= 0.6 is 23.4 Å². The van der Waals surface area contributed by atoms with Gasteiger partial charge in [-0.1, -0.05) is 47.6 Å². The van der Waals surface area contributed by atoms with E-state index in [1.165, 1.54) is 11.8 Å². The number of ether oxygens (including phenoxy) is 1. The highest BCUT2D eigenvalue weighted by Gasteiger charge is 2.19. The fourth-order valence-electron chi connectivity index (χ4n) is 3.60. The molecule has 1 aliphatic heterocycles. The van der Waals surface area contributed by atoms with Crippen LogP contribution in [0.1, 0.15) is 5.56 Å². The molecular formula is C24H26ClN5O2S. The van der Waals surface area contributed by atoms with Gasteiger partial charge in [0.05, 0.1) is 12.9 Å². The molecule has 1 fully saturated rings. The Balaban J connectivity index is 1.27. The standard InChI is InChI=1S/C24H26ClN5O2S/c1-32-20-7-4-6-19(15-20)29-11-13-30(14-12-29)22-9-10-26-24(28-22)33-17-23(31)27-16-18-5-2-3-8-21(18)25/h2-10,15H,11-14,16-17H2,1H3,(H,27,31). The molecule has 33 heavy (non-hydrogen) atoms. The minimum Gasteiger partial charge on any atom is -0.497 e. The Labute approximate surface area is 203 Å². The number of carbonyl (C=O) groups is 1. The van der Waals surface area contributed by atoms with Crippen LogP contribution in [0.15, 0.2) is 66.0 Å². The number of thioether (sulfide) groups is 1. The first-order valence-electron chi connectivity index (χ1n) is 10.7. The van der Waals surface area contributed by atoms with E-state index in [1.54, 1.807) is 13.3 Å². The van der Waals surface area contributed by atoms with Gasteiger partial charge < -0.3 is 19.9 Å². The van der Waals surface area contributed by atoms with Crippen LogP contribution in [0.3, 0.4) is 0 Å². The molecule has 172 valence electrons. The number of nitrogens with one attached hydrogen (secondary N) is 1. The van der Waals surface area contributed by atoms with Gasteiger partial charge in [0.25, 0.3) is 0 Å². The number of aromatic nitrogens is 2. The second-order valence-corrected chi connectivity index (χ2v) is 8.88. The second-order valence-electron chi connectivity index (χ2n) is 7.53. The molecule has 1 saturated heterocycles. The van der Waals surface area contributed by atoms with E-state index in [2.05, 4.69) is 37.2 Å². The van der Waals surface area contributed by atoms with Gasteiger partial charge in [0.15, 0.2) is 5.16 Å². The number of methoxy groups -OCH3 is 1. The molecule has 1 amide bonds. The normalized spacial score (nSPS) is 13.6. The Morgan fingerprint density at radius 3 is 2.67 bits per heavy atom. The minimum atomic E-state index is -0.0826. The van der Waals surface area contributed by atoms with Gasteiger partial charge in [0, 0.05) is 55.7 Å². The molecule has 4 rings (SSSR count). The molecular weight excluding hydrogens is 458 g/mol. The van der Waals surface area contributed by atoms with Crippen molar-refractivity contribution in [2.45, 2.75) is 11.7 Å². The zero-order valence-corrected chi connectivity index (χ0v) is 20.0.